The highest BCUT2D eigenvalue weighted by atomic mass is 16.5. The molecule has 1 aromatic rings. The van der Waals surface area contributed by atoms with Gasteiger partial charge in [-0.2, -0.15) is 0 Å². The lowest BCUT2D eigenvalue weighted by Gasteiger charge is -2.22. The highest BCUT2D eigenvalue weighted by molar-refractivity contribution is 5.52. The van der Waals surface area contributed by atoms with Crippen molar-refractivity contribution in [3.05, 3.63) is 22.8 Å². The SMILES string of the molecule is COc1cc(CC(CN)C(C)C)c(OC)c(C)c1C. The van der Waals surface area contributed by atoms with Gasteiger partial charge < -0.3 is 15.2 Å². The lowest BCUT2D eigenvalue weighted by Crippen LogP contribution is -2.22. The van der Waals surface area contributed by atoms with Gasteiger partial charge >= 0.3 is 0 Å². The van der Waals surface area contributed by atoms with Crippen LogP contribution in [0.4, 0.5) is 0 Å². The second kappa shape index (κ2) is 6.80. The molecule has 0 aliphatic rings. The predicted molar refractivity (Wildman–Crippen MR) is 80.1 cm³/mol. The van der Waals surface area contributed by atoms with Crippen molar-refractivity contribution in [1.82, 2.24) is 0 Å². The second-order valence-electron chi connectivity index (χ2n) is 5.47. The van der Waals surface area contributed by atoms with E-state index in [9.17, 15) is 0 Å². The topological polar surface area (TPSA) is 44.5 Å². The lowest BCUT2D eigenvalue weighted by atomic mass is 9.87. The largest absolute Gasteiger partial charge is 0.496 e. The number of hydrogen-bond acceptors (Lipinski definition) is 3. The van der Waals surface area contributed by atoms with Gasteiger partial charge in [-0.15, -0.1) is 0 Å². The molecule has 3 heteroatoms. The Morgan fingerprint density at radius 1 is 1.11 bits per heavy atom. The number of hydrogen-bond donors (Lipinski definition) is 1. The van der Waals surface area contributed by atoms with E-state index in [1.165, 1.54) is 5.56 Å². The van der Waals surface area contributed by atoms with Crippen LogP contribution < -0.4 is 15.2 Å². The highest BCUT2D eigenvalue weighted by Gasteiger charge is 2.19. The van der Waals surface area contributed by atoms with E-state index in [0.29, 0.717) is 18.4 Å². The van der Waals surface area contributed by atoms with E-state index in [0.717, 1.165) is 29.0 Å². The monoisotopic (exact) mass is 265 g/mol. The summed E-state index contributed by atoms with van der Waals surface area (Å²) in [5.74, 6) is 2.91. The first kappa shape index (κ1) is 15.8. The van der Waals surface area contributed by atoms with Crippen molar-refractivity contribution in [1.29, 1.82) is 0 Å². The van der Waals surface area contributed by atoms with E-state index >= 15 is 0 Å². The number of rotatable bonds is 6. The molecule has 1 rings (SSSR count). The van der Waals surface area contributed by atoms with Crippen LogP contribution in [-0.2, 0) is 6.42 Å². The normalized spacial score (nSPS) is 12.6. The van der Waals surface area contributed by atoms with Crippen molar-refractivity contribution in [2.45, 2.75) is 34.1 Å². The summed E-state index contributed by atoms with van der Waals surface area (Å²) in [4.78, 5) is 0. The van der Waals surface area contributed by atoms with Crippen molar-refractivity contribution < 1.29 is 9.47 Å². The maximum Gasteiger partial charge on any atom is 0.125 e. The van der Waals surface area contributed by atoms with E-state index in [-0.39, 0.29) is 0 Å². The number of nitrogens with two attached hydrogens (primary N) is 1. The van der Waals surface area contributed by atoms with Crippen molar-refractivity contribution in [3.8, 4) is 11.5 Å². The number of ether oxygens (including phenoxy) is 2. The summed E-state index contributed by atoms with van der Waals surface area (Å²) in [5, 5.41) is 0. The molecule has 0 radical (unpaired) electrons. The van der Waals surface area contributed by atoms with Crippen LogP contribution >= 0.6 is 0 Å². The summed E-state index contributed by atoms with van der Waals surface area (Å²) in [6.07, 6.45) is 0.925. The minimum Gasteiger partial charge on any atom is -0.496 e. The molecule has 19 heavy (non-hydrogen) atoms. The van der Waals surface area contributed by atoms with Gasteiger partial charge in [0.2, 0.25) is 0 Å². The maximum absolute atomic E-state index is 5.88. The first-order valence-corrected chi connectivity index (χ1v) is 6.87. The molecule has 0 saturated heterocycles. The molecule has 0 fully saturated rings. The van der Waals surface area contributed by atoms with Crippen LogP contribution in [0.2, 0.25) is 0 Å². The molecule has 2 N–H and O–H groups in total. The lowest BCUT2D eigenvalue weighted by molar-refractivity contribution is 0.366. The Balaban J connectivity index is 3.21. The number of benzene rings is 1. The average Bonchev–Trinajstić information content (AvgIpc) is 2.39. The smallest absolute Gasteiger partial charge is 0.125 e. The van der Waals surface area contributed by atoms with Gasteiger partial charge in [-0.1, -0.05) is 13.8 Å². The summed E-state index contributed by atoms with van der Waals surface area (Å²) < 4.78 is 11.0. The molecule has 3 nitrogen and oxygen atoms in total. The Hall–Kier alpha value is -1.22. The fourth-order valence-electron chi connectivity index (χ4n) is 2.45. The van der Waals surface area contributed by atoms with E-state index < -0.39 is 0 Å². The fraction of sp³-hybridized carbons (Fsp3) is 0.625. The van der Waals surface area contributed by atoms with Crippen molar-refractivity contribution in [2.75, 3.05) is 20.8 Å². The van der Waals surface area contributed by atoms with Crippen LogP contribution in [0.25, 0.3) is 0 Å². The molecule has 0 heterocycles. The van der Waals surface area contributed by atoms with Crippen LogP contribution in [0.5, 0.6) is 11.5 Å². The zero-order valence-corrected chi connectivity index (χ0v) is 13.0. The minimum atomic E-state index is 0.459. The Kier molecular flexibility index (Phi) is 5.67. The Morgan fingerprint density at radius 2 is 1.74 bits per heavy atom. The predicted octanol–water partition coefficient (Wildman–Crippen LogP) is 3.09. The molecule has 0 aromatic heterocycles. The third-order valence-corrected chi connectivity index (χ3v) is 4.02. The van der Waals surface area contributed by atoms with Crippen LogP contribution in [0.1, 0.15) is 30.5 Å². The standard InChI is InChI=1S/C16H27NO2/c1-10(2)14(9-17)7-13-8-15(18-5)11(3)12(4)16(13)19-6/h8,10,14H,7,9,17H2,1-6H3. The second-order valence-corrected chi connectivity index (χ2v) is 5.47. The van der Waals surface area contributed by atoms with Crippen molar-refractivity contribution >= 4 is 0 Å². The van der Waals surface area contributed by atoms with Crippen molar-refractivity contribution in [3.63, 3.8) is 0 Å². The molecule has 0 aliphatic heterocycles. The molecule has 108 valence electrons. The molecular weight excluding hydrogens is 238 g/mol. The molecule has 1 unspecified atom stereocenters. The zero-order chi connectivity index (χ0) is 14.6. The van der Waals surface area contributed by atoms with Crippen LogP contribution in [-0.4, -0.2) is 20.8 Å². The maximum atomic E-state index is 5.88. The molecular formula is C16H27NO2. The van der Waals surface area contributed by atoms with Gasteiger partial charge in [0.25, 0.3) is 0 Å². The zero-order valence-electron chi connectivity index (χ0n) is 13.0. The van der Waals surface area contributed by atoms with Gasteiger partial charge in [0.1, 0.15) is 11.5 Å². The minimum absolute atomic E-state index is 0.459. The van der Waals surface area contributed by atoms with Gasteiger partial charge in [0.05, 0.1) is 14.2 Å². The van der Waals surface area contributed by atoms with Crippen LogP contribution in [0, 0.1) is 25.7 Å². The molecule has 1 atom stereocenters. The third-order valence-electron chi connectivity index (χ3n) is 4.02. The average molecular weight is 265 g/mol. The molecule has 0 aliphatic carbocycles. The molecule has 0 bridgehead atoms. The Labute approximate surface area is 117 Å². The van der Waals surface area contributed by atoms with Gasteiger partial charge in [-0.3, -0.25) is 0 Å². The summed E-state index contributed by atoms with van der Waals surface area (Å²) in [6.45, 7) is 9.25. The first-order chi connectivity index (χ1) is 8.96. The van der Waals surface area contributed by atoms with Crippen LogP contribution in [0.3, 0.4) is 0 Å². The number of methoxy groups -OCH3 is 2. The van der Waals surface area contributed by atoms with Crippen molar-refractivity contribution in [2.24, 2.45) is 17.6 Å². The quantitative estimate of drug-likeness (QED) is 0.859. The summed E-state index contributed by atoms with van der Waals surface area (Å²) in [7, 11) is 3.44. The molecule has 1 aromatic carbocycles. The summed E-state index contributed by atoms with van der Waals surface area (Å²) in [6, 6.07) is 2.09. The molecule has 0 spiro atoms. The Morgan fingerprint density at radius 3 is 2.16 bits per heavy atom. The first-order valence-electron chi connectivity index (χ1n) is 6.87. The molecule has 0 saturated carbocycles. The van der Waals surface area contributed by atoms with E-state index in [1.807, 2.05) is 0 Å². The van der Waals surface area contributed by atoms with Gasteiger partial charge in [-0.25, -0.2) is 0 Å². The third kappa shape index (κ3) is 3.41. The van der Waals surface area contributed by atoms with E-state index in [4.69, 9.17) is 15.2 Å². The van der Waals surface area contributed by atoms with Crippen LogP contribution in [0.15, 0.2) is 6.07 Å². The highest BCUT2D eigenvalue weighted by Crippen LogP contribution is 2.35. The van der Waals surface area contributed by atoms with Gasteiger partial charge in [-0.05, 0) is 61.4 Å². The van der Waals surface area contributed by atoms with Gasteiger partial charge in [0, 0.05) is 0 Å². The fourth-order valence-corrected chi connectivity index (χ4v) is 2.45. The Bertz CT molecular complexity index is 427. The van der Waals surface area contributed by atoms with E-state index in [2.05, 4.69) is 33.8 Å². The summed E-state index contributed by atoms with van der Waals surface area (Å²) in [5.41, 5.74) is 9.35. The van der Waals surface area contributed by atoms with E-state index in [1.54, 1.807) is 14.2 Å². The summed E-state index contributed by atoms with van der Waals surface area (Å²) >= 11 is 0. The molecule has 0 amide bonds. The van der Waals surface area contributed by atoms with Gasteiger partial charge in [0.15, 0.2) is 0 Å².